The Morgan fingerprint density at radius 2 is 1.69 bits per heavy atom. The van der Waals surface area contributed by atoms with E-state index >= 15 is 0 Å². The van der Waals surface area contributed by atoms with E-state index in [1.54, 1.807) is 11.8 Å². The number of carbonyl (C=O) groups is 1. The van der Waals surface area contributed by atoms with Gasteiger partial charge >= 0.3 is 0 Å². The first-order chi connectivity index (χ1) is 7.77. The average molecular weight is 243 g/mol. The summed E-state index contributed by atoms with van der Waals surface area (Å²) in [4.78, 5) is 14.1. The maximum absolute atomic E-state index is 12.1. The molecule has 0 saturated heterocycles. The normalized spacial score (nSPS) is 17.4. The van der Waals surface area contributed by atoms with Crippen molar-refractivity contribution in [3.8, 4) is 0 Å². The first kappa shape index (κ1) is 13.9. The molecule has 16 heavy (non-hydrogen) atoms. The molecule has 0 spiro atoms. The van der Waals surface area contributed by atoms with Gasteiger partial charge in [-0.05, 0) is 25.7 Å². The molecule has 0 aromatic rings. The molecule has 0 atom stereocenters. The van der Waals surface area contributed by atoms with Gasteiger partial charge in [-0.15, -0.1) is 0 Å². The van der Waals surface area contributed by atoms with Gasteiger partial charge in [0.05, 0.1) is 0 Å². The van der Waals surface area contributed by atoms with Crippen LogP contribution in [-0.4, -0.2) is 28.5 Å². The van der Waals surface area contributed by atoms with Crippen LogP contribution in [0.25, 0.3) is 0 Å². The van der Waals surface area contributed by atoms with E-state index in [1.807, 2.05) is 4.90 Å². The molecule has 0 N–H and O–H groups in total. The molecular weight excluding hydrogens is 218 g/mol. The molecule has 1 rings (SSSR count). The third-order valence-corrected chi connectivity index (χ3v) is 4.33. The van der Waals surface area contributed by atoms with E-state index in [0.29, 0.717) is 10.5 Å². The molecule has 0 bridgehead atoms. The highest BCUT2D eigenvalue weighted by atomic mass is 32.2. The molecule has 0 heterocycles. The number of rotatable bonds is 5. The Labute approximate surface area is 104 Å². The van der Waals surface area contributed by atoms with Crippen molar-refractivity contribution in [2.24, 2.45) is 0 Å². The first-order valence-electron chi connectivity index (χ1n) is 6.73. The molecule has 0 aromatic heterocycles. The minimum absolute atomic E-state index is 0.315. The number of amides is 1. The van der Waals surface area contributed by atoms with Crippen molar-refractivity contribution >= 4 is 17.0 Å². The van der Waals surface area contributed by atoms with E-state index in [9.17, 15) is 4.79 Å². The van der Waals surface area contributed by atoms with Crippen molar-refractivity contribution in [2.75, 3.05) is 13.1 Å². The molecule has 2 nitrogen and oxygen atoms in total. The lowest BCUT2D eigenvalue weighted by Crippen LogP contribution is -2.30. The van der Waals surface area contributed by atoms with E-state index in [-0.39, 0.29) is 0 Å². The minimum atomic E-state index is 0.315. The summed E-state index contributed by atoms with van der Waals surface area (Å²) in [6, 6.07) is 0. The fraction of sp³-hybridized carbons (Fsp3) is 0.923. The van der Waals surface area contributed by atoms with Gasteiger partial charge < -0.3 is 4.90 Å². The van der Waals surface area contributed by atoms with Crippen molar-refractivity contribution in [1.29, 1.82) is 0 Å². The lowest BCUT2D eigenvalue weighted by molar-refractivity contribution is 0.223. The zero-order valence-corrected chi connectivity index (χ0v) is 11.5. The predicted molar refractivity (Wildman–Crippen MR) is 72.0 cm³/mol. The maximum Gasteiger partial charge on any atom is 0.281 e. The summed E-state index contributed by atoms with van der Waals surface area (Å²) in [5, 5.41) is 0.910. The van der Waals surface area contributed by atoms with Gasteiger partial charge in [-0.25, -0.2) is 0 Å². The van der Waals surface area contributed by atoms with Crippen LogP contribution in [0.5, 0.6) is 0 Å². The van der Waals surface area contributed by atoms with Gasteiger partial charge in [0.15, 0.2) is 0 Å². The average Bonchev–Trinajstić information content (AvgIpc) is 2.30. The van der Waals surface area contributed by atoms with Crippen LogP contribution in [-0.2, 0) is 0 Å². The lowest BCUT2D eigenvalue weighted by atomic mass is 10.0. The van der Waals surface area contributed by atoms with Crippen molar-refractivity contribution in [1.82, 2.24) is 4.90 Å². The molecular formula is C13H25NOS. The van der Waals surface area contributed by atoms with Crippen LogP contribution in [0.1, 0.15) is 58.8 Å². The summed E-state index contributed by atoms with van der Waals surface area (Å²) in [6.45, 7) is 6.13. The van der Waals surface area contributed by atoms with Gasteiger partial charge in [0.25, 0.3) is 5.24 Å². The van der Waals surface area contributed by atoms with Crippen LogP contribution >= 0.6 is 11.8 Å². The highest BCUT2D eigenvalue weighted by Gasteiger charge is 2.20. The van der Waals surface area contributed by atoms with E-state index < -0.39 is 0 Å². The van der Waals surface area contributed by atoms with Crippen LogP contribution < -0.4 is 0 Å². The summed E-state index contributed by atoms with van der Waals surface area (Å²) in [5.41, 5.74) is 0. The van der Waals surface area contributed by atoms with Gasteiger partial charge in [-0.2, -0.15) is 0 Å². The molecule has 1 aliphatic carbocycles. The third-order valence-electron chi connectivity index (χ3n) is 3.06. The molecule has 3 heteroatoms. The SMILES string of the molecule is CCCN(CCC)C(=O)SC1CCCCC1. The van der Waals surface area contributed by atoms with Gasteiger partial charge in [-0.3, -0.25) is 4.79 Å². The molecule has 0 unspecified atom stereocenters. The fourth-order valence-corrected chi connectivity index (χ4v) is 3.42. The number of thioether (sulfide) groups is 1. The van der Waals surface area contributed by atoms with Gasteiger partial charge in [0.2, 0.25) is 0 Å². The number of hydrogen-bond donors (Lipinski definition) is 0. The zero-order valence-electron chi connectivity index (χ0n) is 10.7. The predicted octanol–water partition coefficient (Wildman–Crippen LogP) is 4.29. The second-order valence-corrected chi connectivity index (χ2v) is 5.88. The largest absolute Gasteiger partial charge is 0.334 e. The topological polar surface area (TPSA) is 20.3 Å². The van der Waals surface area contributed by atoms with E-state index in [4.69, 9.17) is 0 Å². The summed E-state index contributed by atoms with van der Waals surface area (Å²) in [7, 11) is 0. The van der Waals surface area contributed by atoms with E-state index in [2.05, 4.69) is 13.8 Å². The smallest absolute Gasteiger partial charge is 0.281 e. The molecule has 1 aliphatic rings. The summed E-state index contributed by atoms with van der Waals surface area (Å²) >= 11 is 1.60. The molecule has 94 valence electrons. The van der Waals surface area contributed by atoms with Crippen molar-refractivity contribution < 1.29 is 4.79 Å². The molecule has 1 fully saturated rings. The first-order valence-corrected chi connectivity index (χ1v) is 7.61. The van der Waals surface area contributed by atoms with Gasteiger partial charge in [0, 0.05) is 18.3 Å². The quantitative estimate of drug-likeness (QED) is 0.717. The van der Waals surface area contributed by atoms with E-state index in [0.717, 1.165) is 25.9 Å². The highest BCUT2D eigenvalue weighted by Crippen LogP contribution is 2.29. The van der Waals surface area contributed by atoms with Crippen LogP contribution in [0.2, 0.25) is 0 Å². The third kappa shape index (κ3) is 4.77. The maximum atomic E-state index is 12.1. The van der Waals surface area contributed by atoms with Crippen LogP contribution in [0, 0.1) is 0 Å². The molecule has 1 amide bonds. The Bertz CT molecular complexity index is 196. The van der Waals surface area contributed by atoms with Crippen LogP contribution in [0.3, 0.4) is 0 Å². The second-order valence-electron chi connectivity index (χ2n) is 4.63. The number of nitrogens with zero attached hydrogens (tertiary/aromatic N) is 1. The Morgan fingerprint density at radius 3 is 2.19 bits per heavy atom. The summed E-state index contributed by atoms with van der Waals surface area (Å²) in [5.74, 6) is 0. The Morgan fingerprint density at radius 1 is 1.12 bits per heavy atom. The van der Waals surface area contributed by atoms with E-state index in [1.165, 1.54) is 32.1 Å². The number of hydrogen-bond acceptors (Lipinski definition) is 2. The minimum Gasteiger partial charge on any atom is -0.334 e. The number of carbonyl (C=O) groups excluding carboxylic acids is 1. The Kier molecular flexibility index (Phi) is 6.93. The summed E-state index contributed by atoms with van der Waals surface area (Å²) < 4.78 is 0. The Balaban J connectivity index is 2.34. The molecule has 0 aliphatic heterocycles. The molecule has 0 aromatic carbocycles. The fourth-order valence-electron chi connectivity index (χ4n) is 2.23. The van der Waals surface area contributed by atoms with Crippen molar-refractivity contribution in [3.63, 3.8) is 0 Å². The van der Waals surface area contributed by atoms with Crippen LogP contribution in [0.15, 0.2) is 0 Å². The Hall–Kier alpha value is -0.180. The van der Waals surface area contributed by atoms with Crippen molar-refractivity contribution in [2.45, 2.75) is 64.0 Å². The van der Waals surface area contributed by atoms with Gasteiger partial charge in [-0.1, -0.05) is 44.9 Å². The van der Waals surface area contributed by atoms with Crippen LogP contribution in [0.4, 0.5) is 4.79 Å². The second kappa shape index (κ2) is 7.99. The van der Waals surface area contributed by atoms with Gasteiger partial charge in [0.1, 0.15) is 0 Å². The molecule has 1 saturated carbocycles. The zero-order chi connectivity index (χ0) is 11.8. The summed E-state index contributed by atoms with van der Waals surface area (Å²) in [6.07, 6.45) is 8.59. The van der Waals surface area contributed by atoms with Crippen molar-refractivity contribution in [3.05, 3.63) is 0 Å². The monoisotopic (exact) mass is 243 g/mol. The molecule has 0 radical (unpaired) electrons. The lowest BCUT2D eigenvalue weighted by Gasteiger charge is -2.25. The standard InChI is InChI=1S/C13H25NOS/c1-3-10-14(11-4-2)13(15)16-12-8-6-5-7-9-12/h12H,3-11H2,1-2H3. The highest BCUT2D eigenvalue weighted by molar-refractivity contribution is 8.14.